The topological polar surface area (TPSA) is 18.5 Å². The molecule has 0 aromatic heterocycles. The van der Waals surface area contributed by atoms with Gasteiger partial charge in [0.25, 0.3) is 0 Å². The summed E-state index contributed by atoms with van der Waals surface area (Å²) in [6.45, 7) is 2.21. The molecule has 0 heterocycles. The molecule has 0 N–H and O–H groups in total. The van der Waals surface area contributed by atoms with Crippen molar-refractivity contribution in [2.24, 2.45) is 0 Å². The molecule has 15 heavy (non-hydrogen) atoms. The smallest absolute Gasteiger partial charge is 0.0732 e. The van der Waals surface area contributed by atoms with Crippen LogP contribution >= 0.6 is 23.2 Å². The Labute approximate surface area is 100 Å². The van der Waals surface area contributed by atoms with Crippen LogP contribution in [-0.4, -0.2) is 25.7 Å². The highest BCUT2D eigenvalue weighted by Crippen LogP contribution is 2.15. The molecular formula is C11H14Cl2O2. The first-order valence-electron chi connectivity index (χ1n) is 4.79. The van der Waals surface area contributed by atoms with Gasteiger partial charge in [-0.3, -0.25) is 0 Å². The third-order valence-corrected chi connectivity index (χ3v) is 2.33. The highest BCUT2D eigenvalue weighted by Gasteiger charge is 1.98. The Hall–Kier alpha value is -0.280. The fourth-order valence-electron chi connectivity index (χ4n) is 1.07. The first-order chi connectivity index (χ1) is 7.34. The molecular weight excluding hydrogens is 235 g/mol. The number of hydrogen-bond acceptors (Lipinski definition) is 2. The lowest BCUT2D eigenvalue weighted by Crippen LogP contribution is -2.06. The first-order valence-corrected chi connectivity index (χ1v) is 5.70. The zero-order valence-corrected chi connectivity index (χ0v) is 9.93. The van der Waals surface area contributed by atoms with Gasteiger partial charge in [-0.25, -0.2) is 0 Å². The molecule has 84 valence electrons. The molecule has 0 spiro atoms. The summed E-state index contributed by atoms with van der Waals surface area (Å²) in [5.74, 6) is 0.518. The lowest BCUT2D eigenvalue weighted by molar-refractivity contribution is 0.0460. The Morgan fingerprint density at radius 1 is 1.00 bits per heavy atom. The van der Waals surface area contributed by atoms with Gasteiger partial charge in [0.2, 0.25) is 0 Å². The minimum atomic E-state index is 0.518. The van der Waals surface area contributed by atoms with Crippen molar-refractivity contribution in [1.29, 1.82) is 0 Å². The van der Waals surface area contributed by atoms with Crippen LogP contribution in [0.1, 0.15) is 5.56 Å². The van der Waals surface area contributed by atoms with Gasteiger partial charge in [0, 0.05) is 10.9 Å². The standard InChI is InChI=1S/C11H14Cl2O2/c12-5-6-14-7-8-15-9-10-3-1-2-4-11(10)13/h1-4H,5-9H2. The van der Waals surface area contributed by atoms with E-state index < -0.39 is 0 Å². The fourth-order valence-corrected chi connectivity index (χ4v) is 1.37. The van der Waals surface area contributed by atoms with Crippen molar-refractivity contribution in [3.63, 3.8) is 0 Å². The number of alkyl halides is 1. The number of halogens is 2. The van der Waals surface area contributed by atoms with Gasteiger partial charge in [0.15, 0.2) is 0 Å². The second-order valence-corrected chi connectivity index (χ2v) is 3.73. The summed E-state index contributed by atoms with van der Waals surface area (Å²) in [6, 6.07) is 7.64. The summed E-state index contributed by atoms with van der Waals surface area (Å²) in [5.41, 5.74) is 0.997. The molecule has 1 rings (SSSR count). The van der Waals surface area contributed by atoms with Crippen LogP contribution in [0.3, 0.4) is 0 Å². The van der Waals surface area contributed by atoms with Crippen LogP contribution in [0.2, 0.25) is 5.02 Å². The van der Waals surface area contributed by atoms with Crippen molar-refractivity contribution in [2.45, 2.75) is 6.61 Å². The van der Waals surface area contributed by atoms with Crippen LogP contribution in [0, 0.1) is 0 Å². The van der Waals surface area contributed by atoms with Crippen molar-refractivity contribution in [2.75, 3.05) is 25.7 Å². The first kappa shape index (κ1) is 12.8. The van der Waals surface area contributed by atoms with E-state index in [2.05, 4.69) is 0 Å². The molecule has 0 saturated heterocycles. The second-order valence-electron chi connectivity index (χ2n) is 2.95. The maximum atomic E-state index is 5.96. The average molecular weight is 249 g/mol. The number of benzene rings is 1. The highest BCUT2D eigenvalue weighted by molar-refractivity contribution is 6.31. The van der Waals surface area contributed by atoms with Crippen LogP contribution in [0.15, 0.2) is 24.3 Å². The van der Waals surface area contributed by atoms with E-state index in [1.54, 1.807) is 0 Å². The lowest BCUT2D eigenvalue weighted by Gasteiger charge is -2.06. The number of ether oxygens (including phenoxy) is 2. The minimum absolute atomic E-state index is 0.518. The van der Waals surface area contributed by atoms with E-state index in [1.165, 1.54) is 0 Å². The molecule has 0 amide bonds. The Bertz CT molecular complexity index is 279. The van der Waals surface area contributed by atoms with Crippen molar-refractivity contribution in [3.8, 4) is 0 Å². The SMILES string of the molecule is ClCCOCCOCc1ccccc1Cl. The molecule has 1 aromatic rings. The van der Waals surface area contributed by atoms with Crippen molar-refractivity contribution >= 4 is 23.2 Å². The molecule has 0 aliphatic rings. The molecule has 0 saturated carbocycles. The predicted octanol–water partition coefficient (Wildman–Crippen LogP) is 3.11. The highest BCUT2D eigenvalue weighted by atomic mass is 35.5. The van der Waals surface area contributed by atoms with Crippen LogP contribution in [0.5, 0.6) is 0 Å². The van der Waals surface area contributed by atoms with E-state index in [4.69, 9.17) is 32.7 Å². The third-order valence-electron chi connectivity index (χ3n) is 1.81. The van der Waals surface area contributed by atoms with Crippen LogP contribution < -0.4 is 0 Å². The molecule has 1 aromatic carbocycles. The van der Waals surface area contributed by atoms with Crippen molar-refractivity contribution < 1.29 is 9.47 Å². The zero-order valence-electron chi connectivity index (χ0n) is 8.42. The largest absolute Gasteiger partial charge is 0.378 e. The lowest BCUT2D eigenvalue weighted by atomic mass is 10.2. The van der Waals surface area contributed by atoms with E-state index in [0.717, 1.165) is 10.6 Å². The maximum Gasteiger partial charge on any atom is 0.0732 e. The molecule has 0 unspecified atom stereocenters. The quantitative estimate of drug-likeness (QED) is 0.546. The third kappa shape index (κ3) is 5.38. The van der Waals surface area contributed by atoms with Crippen LogP contribution in [0.4, 0.5) is 0 Å². The van der Waals surface area contributed by atoms with E-state index in [1.807, 2.05) is 24.3 Å². The van der Waals surface area contributed by atoms with Gasteiger partial charge >= 0.3 is 0 Å². The molecule has 2 nitrogen and oxygen atoms in total. The van der Waals surface area contributed by atoms with Gasteiger partial charge in [-0.2, -0.15) is 0 Å². The summed E-state index contributed by atoms with van der Waals surface area (Å²) >= 11 is 11.4. The van der Waals surface area contributed by atoms with Gasteiger partial charge in [0.05, 0.1) is 26.4 Å². The Morgan fingerprint density at radius 3 is 2.47 bits per heavy atom. The van der Waals surface area contributed by atoms with E-state index in [-0.39, 0.29) is 0 Å². The Balaban J connectivity index is 2.12. The fraction of sp³-hybridized carbons (Fsp3) is 0.455. The molecule has 0 atom stereocenters. The maximum absolute atomic E-state index is 5.96. The van der Waals surface area contributed by atoms with Gasteiger partial charge in [0.1, 0.15) is 0 Å². The molecule has 0 aliphatic heterocycles. The van der Waals surface area contributed by atoms with Crippen LogP contribution in [-0.2, 0) is 16.1 Å². The number of hydrogen-bond donors (Lipinski definition) is 0. The van der Waals surface area contributed by atoms with E-state index in [9.17, 15) is 0 Å². The Morgan fingerprint density at radius 2 is 1.73 bits per heavy atom. The number of rotatable bonds is 7. The summed E-state index contributed by atoms with van der Waals surface area (Å²) in [5, 5.41) is 0.735. The van der Waals surface area contributed by atoms with E-state index >= 15 is 0 Å². The molecule has 0 radical (unpaired) electrons. The monoisotopic (exact) mass is 248 g/mol. The summed E-state index contributed by atoms with van der Waals surface area (Å²) < 4.78 is 10.6. The Kier molecular flexibility index (Phi) is 6.77. The van der Waals surface area contributed by atoms with Gasteiger partial charge < -0.3 is 9.47 Å². The van der Waals surface area contributed by atoms with Crippen molar-refractivity contribution in [1.82, 2.24) is 0 Å². The molecule has 4 heteroatoms. The average Bonchev–Trinajstić information content (AvgIpc) is 2.25. The van der Waals surface area contributed by atoms with Gasteiger partial charge in [-0.05, 0) is 11.6 Å². The van der Waals surface area contributed by atoms with Crippen molar-refractivity contribution in [3.05, 3.63) is 34.9 Å². The minimum Gasteiger partial charge on any atom is -0.378 e. The zero-order chi connectivity index (χ0) is 10.9. The summed E-state index contributed by atoms with van der Waals surface area (Å²) in [6.07, 6.45) is 0. The molecule has 0 bridgehead atoms. The summed E-state index contributed by atoms with van der Waals surface area (Å²) in [4.78, 5) is 0. The van der Waals surface area contributed by atoms with Gasteiger partial charge in [-0.15, -0.1) is 11.6 Å². The predicted molar refractivity (Wildman–Crippen MR) is 62.6 cm³/mol. The summed E-state index contributed by atoms with van der Waals surface area (Å²) in [7, 11) is 0. The second kappa shape index (κ2) is 7.94. The van der Waals surface area contributed by atoms with Crippen LogP contribution in [0.25, 0.3) is 0 Å². The molecule has 0 fully saturated rings. The normalized spacial score (nSPS) is 10.5. The van der Waals surface area contributed by atoms with E-state index in [0.29, 0.717) is 32.3 Å². The molecule has 0 aliphatic carbocycles. The van der Waals surface area contributed by atoms with Gasteiger partial charge in [-0.1, -0.05) is 29.8 Å².